The van der Waals surface area contributed by atoms with Crippen LogP contribution in [-0.2, 0) is 28.2 Å². The summed E-state index contributed by atoms with van der Waals surface area (Å²) < 4.78 is 25.2. The molecule has 4 aliphatic heterocycles. The molecule has 2 bridgehead atoms. The van der Waals surface area contributed by atoms with E-state index >= 15 is 0 Å². The van der Waals surface area contributed by atoms with Gasteiger partial charge in [-0.05, 0) is 49.0 Å². The van der Waals surface area contributed by atoms with Crippen LogP contribution in [0, 0.1) is 11.3 Å². The average Bonchev–Trinajstić information content (AvgIpc) is 3.28. The highest BCUT2D eigenvalue weighted by Crippen LogP contribution is 2.60. The zero-order valence-electron chi connectivity index (χ0n) is 23.1. The first-order chi connectivity index (χ1) is 16.5. The van der Waals surface area contributed by atoms with Crippen molar-refractivity contribution in [2.24, 2.45) is 11.3 Å². The Hall–Kier alpha value is -1.74. The largest absolute Gasteiger partial charge is 0.479 e. The number of aliphatic hydroxyl groups is 1. The van der Waals surface area contributed by atoms with Crippen LogP contribution < -0.4 is 0 Å². The van der Waals surface area contributed by atoms with Crippen molar-refractivity contribution in [3.63, 3.8) is 0 Å². The lowest BCUT2D eigenvalue weighted by Crippen LogP contribution is -2.49. The Morgan fingerprint density at radius 2 is 1.75 bits per heavy atom. The number of esters is 1. The minimum Gasteiger partial charge on any atom is -0.479 e. The summed E-state index contributed by atoms with van der Waals surface area (Å²) in [6.45, 7) is 22.5. The second kappa shape index (κ2) is 8.65. The van der Waals surface area contributed by atoms with Crippen molar-refractivity contribution in [3.05, 3.63) is 35.6 Å². The fourth-order valence-corrected chi connectivity index (χ4v) is 12.8. The number of rotatable bonds is 7. The Bertz CT molecular complexity index is 1020. The standard InChI is InChI=1S/C28H42O7Si/c1-15(2)28(31)27(10)24-21(33-25(27)30)11-19(14-32-36(16(3)4,17(5)6)18(7)8)20-12-23(29)26(9,34-20)13-22(24)35-28/h11-12,16-18,21-22,24,31H,1,13-14H2,2-10H3/b19-11-/t21-,22+,24+,26-,27-,28-/m1/s1. The summed E-state index contributed by atoms with van der Waals surface area (Å²) in [5, 5.41) is 11.5. The summed E-state index contributed by atoms with van der Waals surface area (Å²) in [6, 6.07) is 0. The zero-order valence-corrected chi connectivity index (χ0v) is 24.1. The van der Waals surface area contributed by atoms with E-state index < -0.39 is 49.2 Å². The van der Waals surface area contributed by atoms with Gasteiger partial charge >= 0.3 is 5.97 Å². The van der Waals surface area contributed by atoms with Crippen molar-refractivity contribution in [1.82, 2.24) is 0 Å². The summed E-state index contributed by atoms with van der Waals surface area (Å²) in [5.74, 6) is -2.65. The molecule has 1 N–H and O–H groups in total. The number of ether oxygens (including phenoxy) is 3. The summed E-state index contributed by atoms with van der Waals surface area (Å²) >= 11 is 0. The van der Waals surface area contributed by atoms with Crippen molar-refractivity contribution < 1.29 is 33.3 Å². The van der Waals surface area contributed by atoms with Gasteiger partial charge in [-0.3, -0.25) is 9.59 Å². The van der Waals surface area contributed by atoms with E-state index in [2.05, 4.69) is 48.1 Å². The molecule has 200 valence electrons. The molecule has 7 nitrogen and oxygen atoms in total. The minimum absolute atomic E-state index is 0.164. The normalized spacial score (nSPS) is 39.3. The van der Waals surface area contributed by atoms with Crippen molar-refractivity contribution in [1.29, 1.82) is 0 Å². The van der Waals surface area contributed by atoms with Gasteiger partial charge in [-0.15, -0.1) is 0 Å². The van der Waals surface area contributed by atoms with E-state index in [0.717, 1.165) is 0 Å². The Labute approximate surface area is 216 Å². The van der Waals surface area contributed by atoms with Gasteiger partial charge in [0.15, 0.2) is 5.60 Å². The van der Waals surface area contributed by atoms with E-state index in [4.69, 9.17) is 18.6 Å². The van der Waals surface area contributed by atoms with Crippen molar-refractivity contribution in [2.45, 2.75) is 109 Å². The topological polar surface area (TPSA) is 91.3 Å². The van der Waals surface area contributed by atoms with Crippen LogP contribution in [0.25, 0.3) is 0 Å². The molecule has 0 aliphatic carbocycles. The highest BCUT2D eigenvalue weighted by atomic mass is 28.4. The van der Waals surface area contributed by atoms with Gasteiger partial charge in [-0.1, -0.05) is 48.1 Å². The number of carbonyl (C=O) groups is 2. The molecule has 6 atom stereocenters. The molecule has 4 heterocycles. The van der Waals surface area contributed by atoms with E-state index in [-0.39, 0.29) is 18.8 Å². The molecular formula is C28H42O7Si. The van der Waals surface area contributed by atoms with Crippen LogP contribution in [0.1, 0.15) is 68.7 Å². The Morgan fingerprint density at radius 3 is 2.28 bits per heavy atom. The lowest BCUT2D eigenvalue weighted by Gasteiger charge is -2.42. The molecule has 2 fully saturated rings. The smallest absolute Gasteiger partial charge is 0.318 e. The number of fused-ring (bicyclic) bond motifs is 2. The maximum atomic E-state index is 13.3. The molecule has 4 rings (SSSR count). The molecule has 0 amide bonds. The van der Waals surface area contributed by atoms with Crippen molar-refractivity contribution in [2.75, 3.05) is 6.61 Å². The van der Waals surface area contributed by atoms with E-state index in [0.29, 0.717) is 33.5 Å². The van der Waals surface area contributed by atoms with E-state index in [1.807, 2.05) is 6.08 Å². The highest BCUT2D eigenvalue weighted by Gasteiger charge is 2.74. The number of hydrogen-bond donors (Lipinski definition) is 1. The molecule has 0 saturated carbocycles. The van der Waals surface area contributed by atoms with Gasteiger partial charge in [-0.2, -0.15) is 0 Å². The van der Waals surface area contributed by atoms with Crippen molar-refractivity contribution in [3.8, 4) is 0 Å². The van der Waals surface area contributed by atoms with Crippen LogP contribution in [0.2, 0.25) is 16.6 Å². The first-order valence-electron chi connectivity index (χ1n) is 13.1. The number of carbonyl (C=O) groups excluding carboxylic acids is 2. The van der Waals surface area contributed by atoms with E-state index in [1.54, 1.807) is 20.8 Å². The second-order valence-electron chi connectivity index (χ2n) is 12.4. The third-order valence-electron chi connectivity index (χ3n) is 9.27. The molecule has 0 aromatic carbocycles. The van der Waals surface area contributed by atoms with E-state index in [1.165, 1.54) is 6.08 Å². The van der Waals surface area contributed by atoms with Crippen LogP contribution in [0.5, 0.6) is 0 Å². The number of ketones is 1. The molecule has 0 aromatic heterocycles. The SMILES string of the molecule is C=C(C)[C@@]1(O)O[C@H]2C[C@@]3(C)OC(=CC3=O)/C(CO[Si](C(C)C)(C(C)C)C(C)C)=C\[C@H]3OC(=O)[C@@]1(C)[C@H]23. The minimum atomic E-state index is -2.22. The van der Waals surface area contributed by atoms with Gasteiger partial charge in [0.1, 0.15) is 17.3 Å². The first kappa shape index (κ1) is 27.3. The third-order valence-corrected chi connectivity index (χ3v) is 15.3. The Kier molecular flexibility index (Phi) is 6.56. The summed E-state index contributed by atoms with van der Waals surface area (Å²) in [7, 11) is -2.22. The van der Waals surface area contributed by atoms with E-state index in [9.17, 15) is 14.7 Å². The average molecular weight is 519 g/mol. The van der Waals surface area contributed by atoms with Gasteiger partial charge in [0.25, 0.3) is 0 Å². The first-order valence-corrected chi connectivity index (χ1v) is 15.3. The number of hydrogen-bond acceptors (Lipinski definition) is 7. The van der Waals surface area contributed by atoms with Gasteiger partial charge in [0.2, 0.25) is 19.9 Å². The van der Waals surface area contributed by atoms with Gasteiger partial charge < -0.3 is 23.7 Å². The molecule has 8 heteroatoms. The molecule has 4 aliphatic rings. The monoisotopic (exact) mass is 518 g/mol. The molecule has 0 aromatic rings. The van der Waals surface area contributed by atoms with Gasteiger partial charge in [-0.25, -0.2) is 0 Å². The summed E-state index contributed by atoms with van der Waals surface area (Å²) in [4.78, 5) is 26.5. The fourth-order valence-electron chi connectivity index (χ4n) is 7.38. The summed E-state index contributed by atoms with van der Waals surface area (Å²) in [6.07, 6.45) is 2.25. The summed E-state index contributed by atoms with van der Waals surface area (Å²) in [5.41, 5.74) is -0.380. The molecule has 2 saturated heterocycles. The lowest BCUT2D eigenvalue weighted by molar-refractivity contribution is -0.219. The van der Waals surface area contributed by atoms with Crippen LogP contribution in [0.4, 0.5) is 0 Å². The maximum absolute atomic E-state index is 13.3. The molecule has 0 radical (unpaired) electrons. The maximum Gasteiger partial charge on any atom is 0.318 e. The van der Waals surface area contributed by atoms with Crippen molar-refractivity contribution >= 4 is 20.1 Å². The lowest BCUT2D eigenvalue weighted by atomic mass is 9.67. The Morgan fingerprint density at radius 1 is 1.17 bits per heavy atom. The van der Waals surface area contributed by atoms with Gasteiger partial charge in [0, 0.05) is 24.0 Å². The molecule has 36 heavy (non-hydrogen) atoms. The highest BCUT2D eigenvalue weighted by molar-refractivity contribution is 6.77. The third kappa shape index (κ3) is 3.55. The van der Waals surface area contributed by atoms with Gasteiger partial charge in [0.05, 0.1) is 12.7 Å². The quantitative estimate of drug-likeness (QED) is 0.289. The molecule has 0 unspecified atom stereocenters. The fraction of sp³-hybridized carbons (Fsp3) is 0.714. The molecule has 0 spiro atoms. The Balaban J connectivity index is 1.81. The zero-order chi connectivity index (χ0) is 27.0. The van der Waals surface area contributed by atoms with Crippen LogP contribution >= 0.6 is 0 Å². The predicted octanol–water partition coefficient (Wildman–Crippen LogP) is 4.96. The van der Waals surface area contributed by atoms with Crippen LogP contribution in [-0.4, -0.2) is 55.4 Å². The van der Waals surface area contributed by atoms with Crippen LogP contribution in [0.3, 0.4) is 0 Å². The molecular weight excluding hydrogens is 476 g/mol. The van der Waals surface area contributed by atoms with Crippen LogP contribution in [0.15, 0.2) is 35.6 Å². The predicted molar refractivity (Wildman–Crippen MR) is 138 cm³/mol. The second-order valence-corrected chi connectivity index (χ2v) is 17.8.